The zero-order valence-electron chi connectivity index (χ0n) is 9.41. The van der Waals surface area contributed by atoms with Crippen molar-refractivity contribution in [1.82, 2.24) is 15.2 Å². The van der Waals surface area contributed by atoms with Gasteiger partial charge in [0.25, 0.3) is 0 Å². The van der Waals surface area contributed by atoms with Crippen LogP contribution in [0.5, 0.6) is 0 Å². The molecule has 0 amide bonds. The molecule has 1 heterocycles. The van der Waals surface area contributed by atoms with Crippen molar-refractivity contribution in [3.05, 3.63) is 18.0 Å². The van der Waals surface area contributed by atoms with Crippen LogP contribution >= 0.6 is 0 Å². The van der Waals surface area contributed by atoms with E-state index in [9.17, 15) is 0 Å². The highest BCUT2D eigenvalue weighted by molar-refractivity contribution is 5.12. The van der Waals surface area contributed by atoms with Gasteiger partial charge in [-0.05, 0) is 12.3 Å². The smallest absolute Gasteiger partial charge is 0.0539 e. The van der Waals surface area contributed by atoms with Crippen LogP contribution in [-0.2, 0) is 6.54 Å². The first-order valence-corrected chi connectivity index (χ1v) is 4.97. The molecule has 0 spiro atoms. The summed E-state index contributed by atoms with van der Waals surface area (Å²) in [6, 6.07) is 0.141. The zero-order valence-corrected chi connectivity index (χ0v) is 9.41. The molecule has 0 aliphatic carbocycles. The molecule has 1 aromatic heterocycles. The van der Waals surface area contributed by atoms with E-state index in [-0.39, 0.29) is 11.5 Å². The highest BCUT2D eigenvalue weighted by Gasteiger charge is 2.25. The lowest BCUT2D eigenvalue weighted by Crippen LogP contribution is -2.36. The molecule has 3 N–H and O–H groups in total. The summed E-state index contributed by atoms with van der Waals surface area (Å²) in [5.74, 6) is 5.55. The Bertz CT molecular complexity index is 285. The average Bonchev–Trinajstić information content (AvgIpc) is 2.51. The van der Waals surface area contributed by atoms with Crippen LogP contribution in [0, 0.1) is 5.41 Å². The van der Waals surface area contributed by atoms with Crippen LogP contribution in [-0.4, -0.2) is 9.78 Å². The fraction of sp³-hybridized carbons (Fsp3) is 0.700. The van der Waals surface area contributed by atoms with E-state index in [0.717, 1.165) is 12.1 Å². The van der Waals surface area contributed by atoms with Crippen molar-refractivity contribution in [1.29, 1.82) is 0 Å². The van der Waals surface area contributed by atoms with Crippen molar-refractivity contribution >= 4 is 0 Å². The molecular formula is C10H20N4. The molecule has 80 valence electrons. The SMILES string of the molecule is CCn1cc(C(NN)C(C)(C)C)cn1. The molecule has 0 fully saturated rings. The third-order valence-electron chi connectivity index (χ3n) is 2.34. The van der Waals surface area contributed by atoms with Gasteiger partial charge in [-0.2, -0.15) is 5.10 Å². The zero-order chi connectivity index (χ0) is 10.8. The Hall–Kier alpha value is -0.870. The first-order valence-electron chi connectivity index (χ1n) is 4.97. The van der Waals surface area contributed by atoms with Crippen molar-refractivity contribution in [2.24, 2.45) is 11.3 Å². The first kappa shape index (κ1) is 11.2. The van der Waals surface area contributed by atoms with Crippen molar-refractivity contribution in [3.63, 3.8) is 0 Å². The predicted octanol–water partition coefficient (Wildman–Crippen LogP) is 1.45. The van der Waals surface area contributed by atoms with Crippen molar-refractivity contribution in [2.45, 2.75) is 40.3 Å². The van der Waals surface area contributed by atoms with Gasteiger partial charge < -0.3 is 0 Å². The summed E-state index contributed by atoms with van der Waals surface area (Å²) in [5.41, 5.74) is 4.08. The van der Waals surface area contributed by atoms with E-state index in [1.165, 1.54) is 0 Å². The summed E-state index contributed by atoms with van der Waals surface area (Å²) in [6.45, 7) is 9.42. The summed E-state index contributed by atoms with van der Waals surface area (Å²) < 4.78 is 1.91. The van der Waals surface area contributed by atoms with Crippen LogP contribution < -0.4 is 11.3 Å². The standard InChI is InChI=1S/C10H20N4/c1-5-14-7-8(6-12-14)9(13-11)10(2,3)4/h6-7,9,13H,5,11H2,1-4H3. The van der Waals surface area contributed by atoms with Crippen LogP contribution in [0.15, 0.2) is 12.4 Å². The number of nitrogens with one attached hydrogen (secondary N) is 1. The van der Waals surface area contributed by atoms with Crippen LogP contribution in [0.1, 0.15) is 39.3 Å². The highest BCUT2D eigenvalue weighted by atomic mass is 15.3. The number of hydrogen-bond acceptors (Lipinski definition) is 3. The minimum Gasteiger partial charge on any atom is -0.273 e. The van der Waals surface area contributed by atoms with E-state index in [1.807, 2.05) is 17.1 Å². The Labute approximate surface area is 85.5 Å². The molecule has 14 heavy (non-hydrogen) atoms. The van der Waals surface area contributed by atoms with Gasteiger partial charge in [-0.15, -0.1) is 0 Å². The largest absolute Gasteiger partial charge is 0.273 e. The number of aryl methyl sites for hydroxylation is 1. The summed E-state index contributed by atoms with van der Waals surface area (Å²) in [7, 11) is 0. The number of rotatable bonds is 3. The van der Waals surface area contributed by atoms with E-state index in [4.69, 9.17) is 5.84 Å². The quantitative estimate of drug-likeness (QED) is 0.568. The molecule has 0 aromatic carbocycles. The van der Waals surface area contributed by atoms with E-state index in [1.54, 1.807) is 0 Å². The molecule has 1 atom stereocenters. The first-order chi connectivity index (χ1) is 6.49. The molecule has 0 aliphatic rings. The van der Waals surface area contributed by atoms with Gasteiger partial charge in [0.05, 0.1) is 12.2 Å². The lowest BCUT2D eigenvalue weighted by atomic mass is 9.84. The third-order valence-corrected chi connectivity index (χ3v) is 2.34. The third kappa shape index (κ3) is 2.33. The topological polar surface area (TPSA) is 55.9 Å². The van der Waals surface area contributed by atoms with E-state index >= 15 is 0 Å². The number of aromatic nitrogens is 2. The van der Waals surface area contributed by atoms with Crippen LogP contribution in [0.2, 0.25) is 0 Å². The van der Waals surface area contributed by atoms with E-state index in [2.05, 4.69) is 38.2 Å². The van der Waals surface area contributed by atoms with Gasteiger partial charge in [0, 0.05) is 18.3 Å². The van der Waals surface area contributed by atoms with Gasteiger partial charge in [0.2, 0.25) is 0 Å². The minimum atomic E-state index is 0.0936. The predicted molar refractivity (Wildman–Crippen MR) is 57.4 cm³/mol. The summed E-state index contributed by atoms with van der Waals surface area (Å²) in [4.78, 5) is 0. The van der Waals surface area contributed by atoms with Crippen molar-refractivity contribution < 1.29 is 0 Å². The maximum atomic E-state index is 5.55. The number of nitrogens with two attached hydrogens (primary N) is 1. The molecule has 0 saturated heterocycles. The maximum Gasteiger partial charge on any atom is 0.0539 e. The molecule has 1 unspecified atom stereocenters. The second-order valence-corrected chi connectivity index (χ2v) is 4.60. The summed E-state index contributed by atoms with van der Waals surface area (Å²) in [6.07, 6.45) is 3.91. The maximum absolute atomic E-state index is 5.55. The van der Waals surface area contributed by atoms with Gasteiger partial charge >= 0.3 is 0 Å². The minimum absolute atomic E-state index is 0.0936. The number of nitrogens with zero attached hydrogens (tertiary/aromatic N) is 2. The van der Waals surface area contributed by atoms with Crippen LogP contribution in [0.3, 0.4) is 0 Å². The number of hydrazine groups is 1. The molecule has 0 bridgehead atoms. The molecule has 0 saturated carbocycles. The van der Waals surface area contributed by atoms with E-state index < -0.39 is 0 Å². The lowest BCUT2D eigenvalue weighted by Gasteiger charge is -2.29. The van der Waals surface area contributed by atoms with Gasteiger partial charge in [0.15, 0.2) is 0 Å². The van der Waals surface area contributed by atoms with E-state index in [0.29, 0.717) is 0 Å². The molecular weight excluding hydrogens is 176 g/mol. The molecule has 4 nitrogen and oxygen atoms in total. The molecule has 1 aromatic rings. The number of hydrogen-bond donors (Lipinski definition) is 2. The summed E-state index contributed by atoms with van der Waals surface area (Å²) >= 11 is 0. The Morgan fingerprint density at radius 2 is 2.21 bits per heavy atom. The van der Waals surface area contributed by atoms with Gasteiger partial charge in [-0.25, -0.2) is 0 Å². The van der Waals surface area contributed by atoms with Crippen LogP contribution in [0.4, 0.5) is 0 Å². The monoisotopic (exact) mass is 196 g/mol. The second-order valence-electron chi connectivity index (χ2n) is 4.60. The Morgan fingerprint density at radius 3 is 2.57 bits per heavy atom. The van der Waals surface area contributed by atoms with Crippen molar-refractivity contribution in [3.8, 4) is 0 Å². The Balaban J connectivity index is 2.90. The Morgan fingerprint density at radius 1 is 1.57 bits per heavy atom. The van der Waals surface area contributed by atoms with Crippen LogP contribution in [0.25, 0.3) is 0 Å². The molecule has 4 heteroatoms. The fourth-order valence-electron chi connectivity index (χ4n) is 1.55. The molecule has 1 rings (SSSR count). The highest BCUT2D eigenvalue weighted by Crippen LogP contribution is 2.31. The van der Waals surface area contributed by atoms with Gasteiger partial charge in [0.1, 0.15) is 0 Å². The van der Waals surface area contributed by atoms with Gasteiger partial charge in [-0.3, -0.25) is 16.0 Å². The fourth-order valence-corrected chi connectivity index (χ4v) is 1.55. The summed E-state index contributed by atoms with van der Waals surface area (Å²) in [5, 5.41) is 4.24. The average molecular weight is 196 g/mol. The molecule has 0 radical (unpaired) electrons. The Kier molecular flexibility index (Phi) is 3.29. The van der Waals surface area contributed by atoms with Gasteiger partial charge in [-0.1, -0.05) is 20.8 Å². The normalized spacial score (nSPS) is 14.4. The lowest BCUT2D eigenvalue weighted by molar-refractivity contribution is 0.275. The molecule has 0 aliphatic heterocycles. The second kappa shape index (κ2) is 4.11. The van der Waals surface area contributed by atoms with Crippen molar-refractivity contribution in [2.75, 3.05) is 0 Å².